The molecule has 0 aliphatic rings. The van der Waals surface area contributed by atoms with Crippen molar-refractivity contribution in [3.8, 4) is 0 Å². The lowest BCUT2D eigenvalue weighted by Crippen LogP contribution is -2.33. The van der Waals surface area contributed by atoms with Gasteiger partial charge in [0.1, 0.15) is 0 Å². The van der Waals surface area contributed by atoms with Crippen LogP contribution in [0.4, 0.5) is 0 Å². The molecule has 0 amide bonds. The molecule has 0 atom stereocenters. The lowest BCUT2D eigenvalue weighted by atomic mass is 10.4. The molecule has 0 saturated carbocycles. The van der Waals surface area contributed by atoms with Crippen molar-refractivity contribution in [3.63, 3.8) is 0 Å². The molecule has 0 aliphatic heterocycles. The van der Waals surface area contributed by atoms with Gasteiger partial charge in [-0.05, 0) is 31.6 Å². The van der Waals surface area contributed by atoms with Crippen LogP contribution in [-0.4, -0.2) is 43.4 Å². The zero-order chi connectivity index (χ0) is 13.1. The Balaban J connectivity index is 1.98. The van der Waals surface area contributed by atoms with Crippen LogP contribution in [0.2, 0.25) is 0 Å². The standard InChI is InChI=1S/C15H26N2S/c1-3-12-17(4-2)13-10-16-11-14-18-15-8-6-5-7-9-15/h5-9,16H,3-4,10-14H2,1-2H3. The summed E-state index contributed by atoms with van der Waals surface area (Å²) in [6.07, 6.45) is 1.25. The van der Waals surface area contributed by atoms with E-state index < -0.39 is 0 Å². The van der Waals surface area contributed by atoms with Gasteiger partial charge in [0.25, 0.3) is 0 Å². The zero-order valence-electron chi connectivity index (χ0n) is 11.7. The predicted molar refractivity (Wildman–Crippen MR) is 82.4 cm³/mol. The van der Waals surface area contributed by atoms with Crippen LogP contribution in [0, 0.1) is 0 Å². The Bertz CT molecular complexity index is 290. The summed E-state index contributed by atoms with van der Waals surface area (Å²) in [4.78, 5) is 3.86. The Morgan fingerprint density at radius 2 is 1.83 bits per heavy atom. The molecule has 0 saturated heterocycles. The molecule has 18 heavy (non-hydrogen) atoms. The van der Waals surface area contributed by atoms with Gasteiger partial charge in [0, 0.05) is 30.3 Å². The molecular formula is C15H26N2S. The summed E-state index contributed by atoms with van der Waals surface area (Å²) in [5.74, 6) is 1.14. The largest absolute Gasteiger partial charge is 0.315 e. The van der Waals surface area contributed by atoms with Crippen molar-refractivity contribution < 1.29 is 0 Å². The molecule has 1 aromatic rings. The number of nitrogens with zero attached hydrogens (tertiary/aromatic N) is 1. The molecule has 0 heterocycles. The molecule has 1 N–H and O–H groups in total. The highest BCUT2D eigenvalue weighted by Crippen LogP contribution is 2.15. The smallest absolute Gasteiger partial charge is 0.0107 e. The maximum absolute atomic E-state index is 3.52. The van der Waals surface area contributed by atoms with Crippen LogP contribution in [0.25, 0.3) is 0 Å². The fourth-order valence-corrected chi connectivity index (χ4v) is 2.70. The number of rotatable bonds is 10. The van der Waals surface area contributed by atoms with Crippen LogP contribution < -0.4 is 5.32 Å². The SMILES string of the molecule is CCCN(CC)CCNCCSc1ccccc1. The topological polar surface area (TPSA) is 15.3 Å². The molecule has 2 nitrogen and oxygen atoms in total. The molecule has 102 valence electrons. The van der Waals surface area contributed by atoms with Crippen molar-refractivity contribution in [1.82, 2.24) is 10.2 Å². The molecule has 0 bridgehead atoms. The van der Waals surface area contributed by atoms with Crippen molar-refractivity contribution in [2.75, 3.05) is 38.5 Å². The first-order valence-corrected chi connectivity index (χ1v) is 7.96. The third-order valence-corrected chi connectivity index (χ3v) is 3.90. The van der Waals surface area contributed by atoms with Gasteiger partial charge < -0.3 is 10.2 Å². The van der Waals surface area contributed by atoms with Gasteiger partial charge in [-0.15, -0.1) is 11.8 Å². The quantitative estimate of drug-likeness (QED) is 0.517. The van der Waals surface area contributed by atoms with Crippen molar-refractivity contribution in [2.24, 2.45) is 0 Å². The van der Waals surface area contributed by atoms with E-state index in [1.54, 1.807) is 0 Å². The molecule has 0 unspecified atom stereocenters. The summed E-state index contributed by atoms with van der Waals surface area (Å²) in [5, 5.41) is 3.52. The molecule has 0 aliphatic carbocycles. The Labute approximate surface area is 116 Å². The number of nitrogens with one attached hydrogen (secondary N) is 1. The van der Waals surface area contributed by atoms with E-state index >= 15 is 0 Å². The monoisotopic (exact) mass is 266 g/mol. The van der Waals surface area contributed by atoms with Gasteiger partial charge in [0.2, 0.25) is 0 Å². The number of thioether (sulfide) groups is 1. The van der Waals surface area contributed by atoms with Crippen LogP contribution in [0.1, 0.15) is 20.3 Å². The van der Waals surface area contributed by atoms with E-state index in [4.69, 9.17) is 0 Å². The molecule has 0 aromatic heterocycles. The lowest BCUT2D eigenvalue weighted by molar-refractivity contribution is 0.289. The maximum atomic E-state index is 3.52. The van der Waals surface area contributed by atoms with E-state index in [0.717, 1.165) is 25.4 Å². The Morgan fingerprint density at radius 3 is 2.50 bits per heavy atom. The molecule has 0 fully saturated rings. The van der Waals surface area contributed by atoms with Gasteiger partial charge >= 0.3 is 0 Å². The van der Waals surface area contributed by atoms with E-state index in [2.05, 4.69) is 54.4 Å². The van der Waals surface area contributed by atoms with Gasteiger partial charge in [-0.1, -0.05) is 32.0 Å². The van der Waals surface area contributed by atoms with Crippen molar-refractivity contribution >= 4 is 11.8 Å². The number of hydrogen-bond acceptors (Lipinski definition) is 3. The zero-order valence-corrected chi connectivity index (χ0v) is 12.5. The summed E-state index contributed by atoms with van der Waals surface area (Å²) in [6, 6.07) is 10.6. The van der Waals surface area contributed by atoms with Crippen LogP contribution in [0.3, 0.4) is 0 Å². The second-order valence-electron chi connectivity index (χ2n) is 4.35. The predicted octanol–water partition coefficient (Wildman–Crippen LogP) is 3.10. The first-order valence-electron chi connectivity index (χ1n) is 6.97. The van der Waals surface area contributed by atoms with Gasteiger partial charge in [-0.2, -0.15) is 0 Å². The van der Waals surface area contributed by atoms with Gasteiger partial charge in [-0.3, -0.25) is 0 Å². The molecule has 1 rings (SSSR count). The minimum Gasteiger partial charge on any atom is -0.315 e. The molecule has 0 spiro atoms. The van der Waals surface area contributed by atoms with E-state index in [1.165, 1.54) is 24.4 Å². The number of benzene rings is 1. The van der Waals surface area contributed by atoms with Gasteiger partial charge in [0.05, 0.1) is 0 Å². The van der Waals surface area contributed by atoms with Gasteiger partial charge in [0.15, 0.2) is 0 Å². The Hall–Kier alpha value is -0.510. The molecular weight excluding hydrogens is 240 g/mol. The van der Waals surface area contributed by atoms with Crippen LogP contribution in [0.15, 0.2) is 35.2 Å². The first kappa shape index (κ1) is 15.5. The summed E-state index contributed by atoms with van der Waals surface area (Å²) in [7, 11) is 0. The second-order valence-corrected chi connectivity index (χ2v) is 5.51. The second kappa shape index (κ2) is 10.4. The van der Waals surface area contributed by atoms with Gasteiger partial charge in [-0.25, -0.2) is 0 Å². The fraction of sp³-hybridized carbons (Fsp3) is 0.600. The minimum atomic E-state index is 1.09. The third kappa shape index (κ3) is 7.04. The van der Waals surface area contributed by atoms with Crippen molar-refractivity contribution in [2.45, 2.75) is 25.2 Å². The molecule has 3 heteroatoms. The Kier molecular flexibility index (Phi) is 9.00. The Morgan fingerprint density at radius 1 is 1.06 bits per heavy atom. The molecule has 0 radical (unpaired) electrons. The third-order valence-electron chi connectivity index (χ3n) is 2.88. The van der Waals surface area contributed by atoms with Crippen LogP contribution >= 0.6 is 11.8 Å². The summed E-state index contributed by atoms with van der Waals surface area (Å²) < 4.78 is 0. The highest BCUT2D eigenvalue weighted by Gasteiger charge is 1.99. The molecule has 1 aromatic carbocycles. The maximum Gasteiger partial charge on any atom is 0.0107 e. The van der Waals surface area contributed by atoms with E-state index in [0.29, 0.717) is 0 Å². The highest BCUT2D eigenvalue weighted by atomic mass is 32.2. The van der Waals surface area contributed by atoms with E-state index in [9.17, 15) is 0 Å². The van der Waals surface area contributed by atoms with Crippen LogP contribution in [-0.2, 0) is 0 Å². The minimum absolute atomic E-state index is 1.09. The van der Waals surface area contributed by atoms with Crippen molar-refractivity contribution in [1.29, 1.82) is 0 Å². The van der Waals surface area contributed by atoms with Crippen molar-refractivity contribution in [3.05, 3.63) is 30.3 Å². The fourth-order valence-electron chi connectivity index (χ4n) is 1.86. The summed E-state index contributed by atoms with van der Waals surface area (Å²) >= 11 is 1.92. The van der Waals surface area contributed by atoms with Crippen LogP contribution in [0.5, 0.6) is 0 Å². The first-order chi connectivity index (χ1) is 8.86. The normalized spacial score (nSPS) is 11.1. The lowest BCUT2D eigenvalue weighted by Gasteiger charge is -2.19. The average Bonchev–Trinajstić information content (AvgIpc) is 2.42. The highest BCUT2D eigenvalue weighted by molar-refractivity contribution is 7.99. The summed E-state index contributed by atoms with van der Waals surface area (Å²) in [5.41, 5.74) is 0. The van der Waals surface area contributed by atoms with E-state index in [-0.39, 0.29) is 0 Å². The number of hydrogen-bond donors (Lipinski definition) is 1. The average molecular weight is 266 g/mol. The summed E-state index contributed by atoms with van der Waals surface area (Å²) in [6.45, 7) is 10.2. The number of likely N-dealkylation sites (N-methyl/N-ethyl adjacent to an activating group) is 1. The van der Waals surface area contributed by atoms with E-state index in [1.807, 2.05) is 11.8 Å².